The Bertz CT molecular complexity index is 1590. The first-order chi connectivity index (χ1) is 20.7. The molecule has 0 bridgehead atoms. The summed E-state index contributed by atoms with van der Waals surface area (Å²) in [5.41, 5.74) is 1.49. The summed E-state index contributed by atoms with van der Waals surface area (Å²) in [7, 11) is 0.105. The van der Waals surface area contributed by atoms with E-state index in [1.54, 1.807) is 30.3 Å². The third-order valence-corrected chi connectivity index (χ3v) is 7.76. The number of benzene rings is 2. The van der Waals surface area contributed by atoms with Crippen LogP contribution >= 0.6 is 0 Å². The first-order valence-corrected chi connectivity index (χ1v) is 15.9. The van der Waals surface area contributed by atoms with E-state index in [4.69, 9.17) is 4.74 Å². The lowest BCUT2D eigenvalue weighted by Crippen LogP contribution is -2.43. The van der Waals surface area contributed by atoms with E-state index in [0.717, 1.165) is 37.8 Å². The number of methoxy groups -OCH3 is 1. The third kappa shape index (κ3) is 8.95. The average Bonchev–Trinajstić information content (AvgIpc) is 2.96. The summed E-state index contributed by atoms with van der Waals surface area (Å²) in [6, 6.07) is 9.94. The lowest BCUT2D eigenvalue weighted by atomic mass is 10.0. The molecule has 1 aliphatic heterocycles. The van der Waals surface area contributed by atoms with E-state index in [2.05, 4.69) is 36.1 Å². The number of halogens is 3. The van der Waals surface area contributed by atoms with Gasteiger partial charge in [0.15, 0.2) is 9.84 Å². The molecule has 1 aromatic heterocycles. The van der Waals surface area contributed by atoms with E-state index in [-0.39, 0.29) is 36.1 Å². The topological polar surface area (TPSA) is 138 Å². The van der Waals surface area contributed by atoms with Gasteiger partial charge in [-0.25, -0.2) is 13.4 Å². The molecule has 11 nitrogen and oxygen atoms in total. The van der Waals surface area contributed by atoms with Gasteiger partial charge in [0.05, 0.1) is 12.8 Å². The fraction of sp³-hybridized carbons (Fsp3) is 0.414. The highest BCUT2D eigenvalue weighted by Gasteiger charge is 2.35. The average molecular weight is 636 g/mol. The highest BCUT2D eigenvalue weighted by molar-refractivity contribution is 7.90. The van der Waals surface area contributed by atoms with Crippen LogP contribution in [0, 0.1) is 6.92 Å². The number of hydrogen-bond donors (Lipinski definition) is 4. The largest absolute Gasteiger partial charge is 0.495 e. The number of amides is 1. The number of hydrogen-bond acceptors (Lipinski definition) is 10. The van der Waals surface area contributed by atoms with Crippen molar-refractivity contribution in [3.8, 4) is 5.75 Å². The maximum absolute atomic E-state index is 13.9. The second kappa shape index (κ2) is 13.7. The lowest BCUT2D eigenvalue weighted by molar-refractivity contribution is -0.137. The van der Waals surface area contributed by atoms with Crippen molar-refractivity contribution >= 4 is 38.9 Å². The predicted molar refractivity (Wildman–Crippen MR) is 163 cm³/mol. The number of carbonyl (C=O) groups is 1. The van der Waals surface area contributed by atoms with Gasteiger partial charge in [-0.15, -0.1) is 0 Å². The molecule has 4 rings (SSSR count). The lowest BCUT2D eigenvalue weighted by Gasteiger charge is -2.29. The van der Waals surface area contributed by atoms with Gasteiger partial charge in [0.1, 0.15) is 23.0 Å². The minimum absolute atomic E-state index is 0.0698. The van der Waals surface area contributed by atoms with Crippen molar-refractivity contribution in [2.45, 2.75) is 38.5 Å². The Morgan fingerprint density at radius 2 is 1.82 bits per heavy atom. The maximum Gasteiger partial charge on any atom is 0.421 e. The smallest absolute Gasteiger partial charge is 0.421 e. The third-order valence-electron chi connectivity index (χ3n) is 7.09. The number of nitrogens with zero attached hydrogens (tertiary/aromatic N) is 3. The number of likely N-dealkylation sites (tertiary alicyclic amines) is 1. The van der Waals surface area contributed by atoms with Gasteiger partial charge >= 0.3 is 6.18 Å². The molecule has 1 amide bonds. The summed E-state index contributed by atoms with van der Waals surface area (Å²) >= 11 is 0. The number of carbonyl (C=O) groups excluding carboxylic acids is 1. The SMILES string of the molecule is COc1cc(C(=O)NC2CCN(C)CC2)ccc1Nc1ncc(C(F)(F)F)c(NCc2ccc(C)cc2NCS(C)(=O)=O)n1. The van der Waals surface area contributed by atoms with Crippen LogP contribution in [0.25, 0.3) is 0 Å². The first kappa shape index (κ1) is 32.8. The van der Waals surface area contributed by atoms with Crippen LogP contribution in [0.4, 0.5) is 36.3 Å². The zero-order valence-corrected chi connectivity index (χ0v) is 25.7. The Kier molecular flexibility index (Phi) is 10.2. The Morgan fingerprint density at radius 1 is 1.09 bits per heavy atom. The summed E-state index contributed by atoms with van der Waals surface area (Å²) in [6.07, 6.45) is -1.30. The highest BCUT2D eigenvalue weighted by atomic mass is 32.2. The number of aromatic nitrogens is 2. The van der Waals surface area contributed by atoms with Gasteiger partial charge in [0.2, 0.25) is 5.95 Å². The molecule has 1 fully saturated rings. The zero-order chi connectivity index (χ0) is 32.1. The van der Waals surface area contributed by atoms with E-state index >= 15 is 0 Å². The molecule has 0 unspecified atom stereocenters. The normalized spacial score (nSPS) is 14.6. The van der Waals surface area contributed by atoms with E-state index in [9.17, 15) is 26.4 Å². The van der Waals surface area contributed by atoms with Gasteiger partial charge in [-0.2, -0.15) is 18.2 Å². The number of sulfone groups is 1. The maximum atomic E-state index is 13.9. The van der Waals surface area contributed by atoms with Crippen LogP contribution in [-0.4, -0.2) is 74.6 Å². The highest BCUT2D eigenvalue weighted by Crippen LogP contribution is 2.35. The molecule has 238 valence electrons. The van der Waals surface area contributed by atoms with Gasteiger partial charge in [-0.05, 0) is 75.3 Å². The van der Waals surface area contributed by atoms with Crippen LogP contribution in [0.3, 0.4) is 0 Å². The molecule has 1 aliphatic rings. The fourth-order valence-electron chi connectivity index (χ4n) is 4.66. The summed E-state index contributed by atoms with van der Waals surface area (Å²) in [6.45, 7) is 3.52. The number of alkyl halides is 3. The van der Waals surface area contributed by atoms with Crippen molar-refractivity contribution in [1.82, 2.24) is 20.2 Å². The minimum Gasteiger partial charge on any atom is -0.495 e. The number of aryl methyl sites for hydroxylation is 1. The van der Waals surface area contributed by atoms with Crippen molar-refractivity contribution in [2.24, 2.45) is 0 Å². The second-order valence-electron chi connectivity index (χ2n) is 10.8. The van der Waals surface area contributed by atoms with Gasteiger partial charge in [0, 0.05) is 36.3 Å². The Hall–Kier alpha value is -4.11. The molecule has 0 spiro atoms. The van der Waals surface area contributed by atoms with Crippen LogP contribution in [-0.2, 0) is 22.6 Å². The van der Waals surface area contributed by atoms with Crippen LogP contribution in [0.2, 0.25) is 0 Å². The van der Waals surface area contributed by atoms with Gasteiger partial charge in [0.25, 0.3) is 5.91 Å². The quantitative estimate of drug-likeness (QED) is 0.240. The van der Waals surface area contributed by atoms with Crippen LogP contribution in [0.1, 0.15) is 39.9 Å². The molecular weight excluding hydrogens is 599 g/mol. The van der Waals surface area contributed by atoms with Crippen molar-refractivity contribution in [2.75, 3.05) is 55.3 Å². The van der Waals surface area contributed by atoms with Crippen molar-refractivity contribution in [3.63, 3.8) is 0 Å². The van der Waals surface area contributed by atoms with E-state index in [1.807, 2.05) is 14.0 Å². The molecule has 0 atom stereocenters. The molecule has 0 saturated carbocycles. The standard InChI is InChI=1S/C29H36F3N7O4S/c1-18-5-6-20(24(13-18)35-17-44(4,41)42)15-33-26-22(29(30,31)32)16-34-28(38-26)37-23-8-7-19(14-25(23)43-3)27(40)36-21-9-11-39(2)12-10-21/h5-8,13-14,16,21,35H,9-12,15,17H2,1-4H3,(H,36,40)(H2,33,34,37,38). The van der Waals surface area contributed by atoms with Crippen LogP contribution < -0.4 is 26.0 Å². The second-order valence-corrected chi connectivity index (χ2v) is 12.9. The predicted octanol–water partition coefficient (Wildman–Crippen LogP) is 4.41. The van der Waals surface area contributed by atoms with E-state index in [1.165, 1.54) is 13.2 Å². The molecule has 0 radical (unpaired) electrons. The molecule has 4 N–H and O–H groups in total. The van der Waals surface area contributed by atoms with Crippen molar-refractivity contribution in [3.05, 3.63) is 64.8 Å². The molecule has 3 aromatic rings. The number of piperidine rings is 1. The van der Waals surface area contributed by atoms with Crippen molar-refractivity contribution in [1.29, 1.82) is 0 Å². The van der Waals surface area contributed by atoms with Gasteiger partial charge in [-0.1, -0.05) is 12.1 Å². The zero-order valence-electron chi connectivity index (χ0n) is 24.9. The van der Waals surface area contributed by atoms with Gasteiger partial charge < -0.3 is 30.9 Å². The Balaban J connectivity index is 1.53. The summed E-state index contributed by atoms with van der Waals surface area (Å²) in [5.74, 6) is -0.915. The molecule has 2 heterocycles. The van der Waals surface area contributed by atoms with E-state index < -0.39 is 27.4 Å². The summed E-state index contributed by atoms with van der Waals surface area (Å²) < 4.78 is 70.3. The summed E-state index contributed by atoms with van der Waals surface area (Å²) in [4.78, 5) is 23.0. The number of nitrogens with one attached hydrogen (secondary N) is 4. The number of anilines is 4. The first-order valence-electron chi connectivity index (χ1n) is 13.9. The molecule has 44 heavy (non-hydrogen) atoms. The monoisotopic (exact) mass is 635 g/mol. The molecule has 15 heteroatoms. The minimum atomic E-state index is -4.74. The molecule has 0 aliphatic carbocycles. The number of ether oxygens (including phenoxy) is 1. The molecular formula is C29H36F3N7O4S. The van der Waals surface area contributed by atoms with Gasteiger partial charge in [-0.3, -0.25) is 4.79 Å². The molecule has 2 aromatic carbocycles. The van der Waals surface area contributed by atoms with Crippen LogP contribution in [0.15, 0.2) is 42.6 Å². The fourth-order valence-corrected chi connectivity index (χ4v) is 5.08. The van der Waals surface area contributed by atoms with Crippen LogP contribution in [0.5, 0.6) is 5.75 Å². The van der Waals surface area contributed by atoms with Crippen molar-refractivity contribution < 1.29 is 31.1 Å². The molecule has 1 saturated heterocycles. The Labute approximate surface area is 254 Å². The van der Waals surface area contributed by atoms with E-state index in [0.29, 0.717) is 28.7 Å². The summed E-state index contributed by atoms with van der Waals surface area (Å²) in [5, 5.41) is 11.5. The number of rotatable bonds is 11. The Morgan fingerprint density at radius 3 is 2.48 bits per heavy atom.